The lowest BCUT2D eigenvalue weighted by Crippen LogP contribution is -2.51. The number of carbonyl (C=O) groups is 3. The highest BCUT2D eigenvalue weighted by Gasteiger charge is 2.52. The molecule has 10 nitrogen and oxygen atoms in total. The number of halogens is 2. The predicted octanol–water partition coefficient (Wildman–Crippen LogP) is 5.38. The third-order valence-electron chi connectivity index (χ3n) is 8.86. The first-order valence-electron chi connectivity index (χ1n) is 15.2. The molecule has 3 aromatic rings. The molecule has 1 aliphatic heterocycles. The van der Waals surface area contributed by atoms with Crippen molar-refractivity contribution in [2.45, 2.75) is 76.0 Å². The van der Waals surface area contributed by atoms with Gasteiger partial charge in [0.1, 0.15) is 28.7 Å². The molecule has 1 saturated heterocycles. The van der Waals surface area contributed by atoms with Gasteiger partial charge >= 0.3 is 0 Å². The molecule has 45 heavy (non-hydrogen) atoms. The van der Waals surface area contributed by atoms with Crippen LogP contribution in [0.5, 0.6) is 5.75 Å². The van der Waals surface area contributed by atoms with Crippen LogP contribution in [-0.2, 0) is 33.0 Å². The van der Waals surface area contributed by atoms with E-state index >= 15 is 0 Å². The van der Waals surface area contributed by atoms with Crippen molar-refractivity contribution < 1.29 is 24.3 Å². The summed E-state index contributed by atoms with van der Waals surface area (Å²) in [5, 5.41) is 13.1. The lowest BCUT2D eigenvalue weighted by molar-refractivity contribution is -0.145. The maximum Gasteiger partial charge on any atom is 0.266 e. The summed E-state index contributed by atoms with van der Waals surface area (Å²) in [6.45, 7) is 0.779. The Kier molecular flexibility index (Phi) is 10.9. The molecule has 3 amide bonds. The van der Waals surface area contributed by atoms with E-state index in [0.717, 1.165) is 43.2 Å². The van der Waals surface area contributed by atoms with Crippen LogP contribution >= 0.6 is 23.2 Å². The molecular formula is C33H37Cl2N5O5. The van der Waals surface area contributed by atoms with Crippen molar-refractivity contribution in [3.8, 4) is 5.75 Å². The fraction of sp³-hybridized carbons (Fsp3) is 0.424. The van der Waals surface area contributed by atoms with Crippen molar-refractivity contribution in [1.29, 1.82) is 0 Å². The van der Waals surface area contributed by atoms with E-state index in [4.69, 9.17) is 27.9 Å². The minimum Gasteiger partial charge on any atom is -0.489 e. The van der Waals surface area contributed by atoms with Gasteiger partial charge in [0.2, 0.25) is 11.8 Å². The molecular weight excluding hydrogens is 617 g/mol. The van der Waals surface area contributed by atoms with E-state index < -0.39 is 17.4 Å². The van der Waals surface area contributed by atoms with E-state index in [1.165, 1.54) is 0 Å². The molecule has 2 unspecified atom stereocenters. The van der Waals surface area contributed by atoms with Crippen molar-refractivity contribution in [3.63, 3.8) is 0 Å². The standard InChI is InChI=1S/C33H37Cl2N5O5/c34-28-17-24(18-29(35)38-28)21-45-26-8-6-25(7-9-26)33(19-30(41)37-20-23-10-13-36-14-11-23)12-15-40(32(33)43)27(31(42)39-44)16-22-4-2-1-3-5-22/h6-11,13-14,17-18,22,27,44H,1-5,12,15-16,19-21H2,(H,37,41)(H,39,42). The summed E-state index contributed by atoms with van der Waals surface area (Å²) < 4.78 is 5.93. The molecule has 2 fully saturated rings. The van der Waals surface area contributed by atoms with Crippen LogP contribution in [0.3, 0.4) is 0 Å². The Balaban J connectivity index is 1.38. The maximum atomic E-state index is 14.4. The zero-order valence-corrected chi connectivity index (χ0v) is 26.4. The third-order valence-corrected chi connectivity index (χ3v) is 9.24. The van der Waals surface area contributed by atoms with E-state index in [-0.39, 0.29) is 47.6 Å². The average Bonchev–Trinajstić information content (AvgIpc) is 3.37. The molecule has 5 rings (SSSR count). The summed E-state index contributed by atoms with van der Waals surface area (Å²) in [5.74, 6) is -0.358. The molecule has 12 heteroatoms. The van der Waals surface area contributed by atoms with Gasteiger partial charge in [0.25, 0.3) is 5.91 Å². The minimum absolute atomic E-state index is 0.0987. The Bertz CT molecular complexity index is 1470. The van der Waals surface area contributed by atoms with Gasteiger partial charge in [0.15, 0.2) is 0 Å². The monoisotopic (exact) mass is 653 g/mol. The molecule has 238 valence electrons. The molecule has 3 N–H and O–H groups in total. The van der Waals surface area contributed by atoms with Crippen LogP contribution < -0.4 is 15.5 Å². The van der Waals surface area contributed by atoms with Gasteiger partial charge in [-0.25, -0.2) is 10.5 Å². The summed E-state index contributed by atoms with van der Waals surface area (Å²) in [7, 11) is 0. The van der Waals surface area contributed by atoms with Crippen LogP contribution in [0.2, 0.25) is 10.3 Å². The number of ether oxygens (including phenoxy) is 1. The zero-order chi connectivity index (χ0) is 31.8. The molecule has 1 aliphatic carbocycles. The van der Waals surface area contributed by atoms with E-state index in [9.17, 15) is 19.6 Å². The Morgan fingerprint density at radius 2 is 1.71 bits per heavy atom. The van der Waals surface area contributed by atoms with Crippen molar-refractivity contribution >= 4 is 40.9 Å². The topological polar surface area (TPSA) is 134 Å². The summed E-state index contributed by atoms with van der Waals surface area (Å²) in [6, 6.07) is 13.2. The Morgan fingerprint density at radius 1 is 1.02 bits per heavy atom. The fourth-order valence-corrected chi connectivity index (χ4v) is 6.99. The summed E-state index contributed by atoms with van der Waals surface area (Å²) in [6.07, 6.45) is 9.32. The van der Waals surface area contributed by atoms with Gasteiger partial charge < -0.3 is 15.0 Å². The average molecular weight is 655 g/mol. The lowest BCUT2D eigenvalue weighted by Gasteiger charge is -2.33. The van der Waals surface area contributed by atoms with E-state index in [0.29, 0.717) is 30.7 Å². The summed E-state index contributed by atoms with van der Waals surface area (Å²) in [5.41, 5.74) is 2.87. The molecule has 3 heterocycles. The zero-order valence-electron chi connectivity index (χ0n) is 24.9. The molecule has 2 aromatic heterocycles. The van der Waals surface area contributed by atoms with Crippen LogP contribution in [-0.4, -0.2) is 50.4 Å². The van der Waals surface area contributed by atoms with E-state index in [2.05, 4.69) is 15.3 Å². The molecule has 0 spiro atoms. The molecule has 2 aliphatic rings. The number of amides is 3. The number of carbonyl (C=O) groups excluding carboxylic acids is 3. The summed E-state index contributed by atoms with van der Waals surface area (Å²) in [4.78, 5) is 50.3. The number of nitrogens with zero attached hydrogens (tertiary/aromatic N) is 3. The van der Waals surface area contributed by atoms with Crippen LogP contribution in [0.1, 0.15) is 68.1 Å². The highest BCUT2D eigenvalue weighted by atomic mass is 35.5. The molecule has 0 bridgehead atoms. The quantitative estimate of drug-likeness (QED) is 0.136. The summed E-state index contributed by atoms with van der Waals surface area (Å²) >= 11 is 12.0. The number of nitrogens with one attached hydrogen (secondary N) is 2. The molecule has 0 radical (unpaired) electrons. The minimum atomic E-state index is -1.20. The smallest absolute Gasteiger partial charge is 0.266 e. The number of rotatable bonds is 12. The second kappa shape index (κ2) is 15.0. The second-order valence-corrected chi connectivity index (χ2v) is 12.6. The SMILES string of the molecule is O=C(CC1(c2ccc(OCc3cc(Cl)nc(Cl)c3)cc2)CCN(C(CC2CCCCC2)C(=O)NO)C1=O)NCc1ccncc1. The highest BCUT2D eigenvalue weighted by Crippen LogP contribution is 2.42. The normalized spacial score (nSPS) is 19.3. The first kappa shape index (κ1) is 32.7. The van der Waals surface area contributed by atoms with Crippen molar-refractivity contribution in [2.75, 3.05) is 6.54 Å². The van der Waals surface area contributed by atoms with Crippen molar-refractivity contribution in [1.82, 2.24) is 25.7 Å². The third kappa shape index (κ3) is 8.11. The van der Waals surface area contributed by atoms with Crippen LogP contribution in [0.4, 0.5) is 0 Å². The van der Waals surface area contributed by atoms with Gasteiger partial charge in [-0.15, -0.1) is 0 Å². The van der Waals surface area contributed by atoms with Gasteiger partial charge in [0, 0.05) is 31.9 Å². The fourth-order valence-electron chi connectivity index (χ4n) is 6.49. The number of aromatic nitrogens is 2. The van der Waals surface area contributed by atoms with E-state index in [1.807, 2.05) is 12.1 Å². The number of hydrogen-bond acceptors (Lipinski definition) is 7. The lowest BCUT2D eigenvalue weighted by atomic mass is 9.75. The predicted molar refractivity (Wildman–Crippen MR) is 169 cm³/mol. The van der Waals surface area contributed by atoms with Gasteiger partial charge in [-0.1, -0.05) is 67.4 Å². The first-order valence-corrected chi connectivity index (χ1v) is 16.0. The second-order valence-electron chi connectivity index (χ2n) is 11.8. The number of hydroxylamine groups is 1. The van der Waals surface area contributed by atoms with Gasteiger partial charge in [0.05, 0.1) is 5.41 Å². The van der Waals surface area contributed by atoms with Crippen LogP contribution in [0.25, 0.3) is 0 Å². The maximum absolute atomic E-state index is 14.4. The molecule has 2 atom stereocenters. The largest absolute Gasteiger partial charge is 0.489 e. The van der Waals surface area contributed by atoms with Crippen molar-refractivity contribution in [2.24, 2.45) is 5.92 Å². The van der Waals surface area contributed by atoms with Gasteiger partial charge in [-0.3, -0.25) is 24.6 Å². The van der Waals surface area contributed by atoms with Crippen LogP contribution in [0.15, 0.2) is 60.9 Å². The Morgan fingerprint density at radius 3 is 2.38 bits per heavy atom. The van der Waals surface area contributed by atoms with Gasteiger partial charge in [-0.2, -0.15) is 0 Å². The number of pyridine rings is 2. The Hall–Kier alpha value is -3.73. The highest BCUT2D eigenvalue weighted by molar-refractivity contribution is 6.32. The number of hydrogen-bond donors (Lipinski definition) is 3. The molecule has 1 saturated carbocycles. The van der Waals surface area contributed by atoms with Crippen molar-refractivity contribution in [3.05, 3.63) is 87.9 Å². The number of likely N-dealkylation sites (tertiary alicyclic amines) is 1. The van der Waals surface area contributed by atoms with Gasteiger partial charge in [-0.05, 0) is 71.8 Å². The molecule has 1 aromatic carbocycles. The Labute approximate surface area is 272 Å². The van der Waals surface area contributed by atoms with E-state index in [1.54, 1.807) is 59.2 Å². The number of benzene rings is 1. The van der Waals surface area contributed by atoms with Crippen LogP contribution in [0, 0.1) is 5.92 Å². The first-order chi connectivity index (χ1) is 21.8.